The third-order valence-electron chi connectivity index (χ3n) is 5.36. The Balaban J connectivity index is 1.66. The van der Waals surface area contributed by atoms with Gasteiger partial charge in [-0.2, -0.15) is 0 Å². The lowest BCUT2D eigenvalue weighted by Crippen LogP contribution is -2.29. The Labute approximate surface area is 146 Å². The summed E-state index contributed by atoms with van der Waals surface area (Å²) in [5.74, 6) is 0.449. The van der Waals surface area contributed by atoms with E-state index < -0.39 is 0 Å². The van der Waals surface area contributed by atoms with Crippen LogP contribution in [0.1, 0.15) is 29.7 Å². The molecule has 0 aromatic heterocycles. The van der Waals surface area contributed by atoms with E-state index in [1.54, 1.807) is 0 Å². The lowest BCUT2D eigenvalue weighted by Gasteiger charge is -2.37. The second-order valence-corrected chi connectivity index (χ2v) is 7.10. The van der Waals surface area contributed by atoms with Gasteiger partial charge in [0.15, 0.2) is 0 Å². The van der Waals surface area contributed by atoms with Crippen LogP contribution in [-0.4, -0.2) is 6.61 Å². The number of ether oxygens (including phenoxy) is 1. The van der Waals surface area contributed by atoms with E-state index in [0.29, 0.717) is 5.92 Å². The molecule has 0 radical (unpaired) electrons. The largest absolute Gasteiger partial charge is 0.378 e. The van der Waals surface area contributed by atoms with Crippen molar-refractivity contribution in [2.24, 2.45) is 5.92 Å². The van der Waals surface area contributed by atoms with Gasteiger partial charge in [-0.1, -0.05) is 54.1 Å². The van der Waals surface area contributed by atoms with E-state index in [1.165, 1.54) is 27.6 Å². The van der Waals surface area contributed by atoms with Crippen molar-refractivity contribution in [3.63, 3.8) is 0 Å². The van der Waals surface area contributed by atoms with E-state index >= 15 is 0 Å². The molecule has 24 heavy (non-hydrogen) atoms. The average Bonchev–Trinajstić information content (AvgIpc) is 3.11. The smallest absolute Gasteiger partial charge is 0.0902 e. The second-order valence-electron chi connectivity index (χ2n) is 6.67. The van der Waals surface area contributed by atoms with E-state index in [2.05, 4.69) is 53.8 Å². The summed E-state index contributed by atoms with van der Waals surface area (Å²) in [6.45, 7) is 0.823. The number of benzene rings is 3. The van der Waals surface area contributed by atoms with Gasteiger partial charge in [0.05, 0.1) is 12.1 Å². The van der Waals surface area contributed by atoms with Crippen LogP contribution in [0.5, 0.6) is 0 Å². The Kier molecular flexibility index (Phi) is 3.29. The molecule has 5 rings (SSSR count). The van der Waals surface area contributed by atoms with Gasteiger partial charge in [-0.25, -0.2) is 0 Å². The van der Waals surface area contributed by atoms with Crippen LogP contribution < -0.4 is 5.32 Å². The zero-order valence-electron chi connectivity index (χ0n) is 13.2. The summed E-state index contributed by atoms with van der Waals surface area (Å²) in [5.41, 5.74) is 3.79. The summed E-state index contributed by atoms with van der Waals surface area (Å²) in [6.07, 6.45) is 1.24. The Bertz CT molecular complexity index is 905. The van der Waals surface area contributed by atoms with E-state index in [1.807, 2.05) is 12.1 Å². The first kappa shape index (κ1) is 14.3. The summed E-state index contributed by atoms with van der Waals surface area (Å²) >= 11 is 6.06. The normalized spacial score (nSPS) is 25.1. The van der Waals surface area contributed by atoms with Crippen LogP contribution in [0.3, 0.4) is 0 Å². The summed E-state index contributed by atoms with van der Waals surface area (Å²) in [6, 6.07) is 21.4. The lowest BCUT2D eigenvalue weighted by molar-refractivity contribution is 0.0841. The van der Waals surface area contributed by atoms with E-state index in [9.17, 15) is 0 Å². The predicted molar refractivity (Wildman–Crippen MR) is 98.6 cm³/mol. The molecule has 3 atom stereocenters. The first-order chi connectivity index (χ1) is 11.8. The maximum absolute atomic E-state index is 6.20. The fourth-order valence-corrected chi connectivity index (χ4v) is 4.37. The molecule has 0 aliphatic carbocycles. The maximum atomic E-state index is 6.20. The monoisotopic (exact) mass is 335 g/mol. The molecule has 2 nitrogen and oxygen atoms in total. The number of fused-ring (bicyclic) bond motifs is 5. The maximum Gasteiger partial charge on any atom is 0.0902 e. The van der Waals surface area contributed by atoms with Crippen LogP contribution in [0.2, 0.25) is 5.02 Å². The number of halogens is 1. The van der Waals surface area contributed by atoms with Gasteiger partial charge >= 0.3 is 0 Å². The molecule has 0 saturated carbocycles. The summed E-state index contributed by atoms with van der Waals surface area (Å²) < 4.78 is 6.20. The van der Waals surface area contributed by atoms with Gasteiger partial charge in [-0.15, -0.1) is 0 Å². The van der Waals surface area contributed by atoms with E-state index in [4.69, 9.17) is 16.3 Å². The molecule has 1 saturated heterocycles. The first-order valence-corrected chi connectivity index (χ1v) is 8.84. The SMILES string of the molecule is Clc1ccc([C@H]2Nc3ccc4ccccc4c3[C@@H]3OCC[C@H]23)cc1. The van der Waals surface area contributed by atoms with Crippen LogP contribution in [-0.2, 0) is 4.74 Å². The lowest BCUT2D eigenvalue weighted by atomic mass is 9.79. The molecule has 2 aliphatic rings. The molecule has 3 aromatic rings. The van der Waals surface area contributed by atoms with Gasteiger partial charge in [-0.3, -0.25) is 0 Å². The van der Waals surface area contributed by atoms with Crippen LogP contribution in [0.4, 0.5) is 5.69 Å². The summed E-state index contributed by atoms with van der Waals surface area (Å²) in [4.78, 5) is 0. The number of hydrogen-bond donors (Lipinski definition) is 1. The number of anilines is 1. The van der Waals surface area contributed by atoms with Gasteiger partial charge in [0.2, 0.25) is 0 Å². The number of hydrogen-bond acceptors (Lipinski definition) is 2. The topological polar surface area (TPSA) is 21.3 Å². The first-order valence-electron chi connectivity index (χ1n) is 8.46. The minimum Gasteiger partial charge on any atom is -0.378 e. The van der Waals surface area contributed by atoms with E-state index in [0.717, 1.165) is 18.1 Å². The third-order valence-corrected chi connectivity index (χ3v) is 5.61. The summed E-state index contributed by atoms with van der Waals surface area (Å²) in [5, 5.41) is 7.13. The molecule has 3 heteroatoms. The third kappa shape index (κ3) is 2.14. The fraction of sp³-hybridized carbons (Fsp3) is 0.238. The predicted octanol–water partition coefficient (Wildman–Crippen LogP) is 5.74. The molecular formula is C21H18ClNO. The number of rotatable bonds is 1. The van der Waals surface area contributed by atoms with Gasteiger partial charge in [0.1, 0.15) is 0 Å². The van der Waals surface area contributed by atoms with E-state index in [-0.39, 0.29) is 12.1 Å². The highest BCUT2D eigenvalue weighted by Crippen LogP contribution is 2.51. The quantitative estimate of drug-likeness (QED) is 0.612. The van der Waals surface area contributed by atoms with Crippen LogP contribution in [0.15, 0.2) is 60.7 Å². The molecule has 0 amide bonds. The Morgan fingerprint density at radius 2 is 1.79 bits per heavy atom. The molecule has 0 unspecified atom stereocenters. The van der Waals surface area contributed by atoms with Crippen molar-refractivity contribution in [2.75, 3.05) is 11.9 Å². The standard InChI is InChI=1S/C21H18ClNO/c22-15-8-5-14(6-9-15)20-17-11-12-24-21(17)19-16-4-2-1-3-13(16)7-10-18(19)23-20/h1-10,17,20-21,23H,11-12H2/t17-,20-,21-/m1/s1. The Morgan fingerprint density at radius 3 is 2.67 bits per heavy atom. The van der Waals surface area contributed by atoms with Gasteiger partial charge in [0, 0.05) is 28.8 Å². The van der Waals surface area contributed by atoms with Crippen molar-refractivity contribution in [3.05, 3.63) is 76.8 Å². The van der Waals surface area contributed by atoms with Crippen LogP contribution >= 0.6 is 11.6 Å². The zero-order chi connectivity index (χ0) is 16.1. The highest BCUT2D eigenvalue weighted by molar-refractivity contribution is 6.30. The van der Waals surface area contributed by atoms with Gasteiger partial charge in [0.25, 0.3) is 0 Å². The van der Waals surface area contributed by atoms with Crippen LogP contribution in [0, 0.1) is 5.92 Å². The Hall–Kier alpha value is -2.03. The molecule has 0 spiro atoms. The molecular weight excluding hydrogens is 318 g/mol. The fourth-order valence-electron chi connectivity index (χ4n) is 4.25. The molecule has 120 valence electrons. The van der Waals surface area contributed by atoms with Crippen molar-refractivity contribution in [3.8, 4) is 0 Å². The average molecular weight is 336 g/mol. The highest BCUT2D eigenvalue weighted by atomic mass is 35.5. The minimum atomic E-state index is 0.160. The molecule has 2 heterocycles. The molecule has 3 aromatic carbocycles. The zero-order valence-corrected chi connectivity index (χ0v) is 14.0. The van der Waals surface area contributed by atoms with Gasteiger partial charge < -0.3 is 10.1 Å². The van der Waals surface area contributed by atoms with Crippen LogP contribution in [0.25, 0.3) is 10.8 Å². The van der Waals surface area contributed by atoms with Crippen molar-refractivity contribution < 1.29 is 4.74 Å². The number of nitrogens with one attached hydrogen (secondary N) is 1. The highest BCUT2D eigenvalue weighted by Gasteiger charge is 2.42. The van der Waals surface area contributed by atoms with Crippen molar-refractivity contribution in [1.82, 2.24) is 0 Å². The van der Waals surface area contributed by atoms with Crippen molar-refractivity contribution >= 4 is 28.1 Å². The van der Waals surface area contributed by atoms with Crippen molar-refractivity contribution in [1.29, 1.82) is 0 Å². The van der Waals surface area contributed by atoms with Gasteiger partial charge in [-0.05, 0) is 41.0 Å². The Morgan fingerprint density at radius 1 is 0.958 bits per heavy atom. The second kappa shape index (κ2) is 5.51. The minimum absolute atomic E-state index is 0.160. The molecule has 0 bridgehead atoms. The summed E-state index contributed by atoms with van der Waals surface area (Å²) in [7, 11) is 0. The molecule has 1 fully saturated rings. The van der Waals surface area contributed by atoms with Crippen molar-refractivity contribution in [2.45, 2.75) is 18.6 Å². The molecule has 2 aliphatic heterocycles. The molecule has 1 N–H and O–H groups in total.